The molecule has 0 aromatic rings. The van der Waals surface area contributed by atoms with Crippen LogP contribution in [0, 0.1) is 6.42 Å². The van der Waals surface area contributed by atoms with Crippen LogP contribution >= 0.6 is 0 Å². The highest BCUT2D eigenvalue weighted by atomic mass is 13.8. The van der Waals surface area contributed by atoms with Gasteiger partial charge in [0.05, 0.1) is 24.3 Å². The van der Waals surface area contributed by atoms with Crippen LogP contribution in [-0.2, 0) is 0 Å². The standard InChI is InChI=1S/C5H5/c1-2-4-5-3-1/h1-5H/q+1. The van der Waals surface area contributed by atoms with E-state index in [2.05, 4.69) is 0 Å². The molecule has 24 valence electrons. The van der Waals surface area contributed by atoms with E-state index in [0.717, 1.165) is 0 Å². The third kappa shape index (κ3) is 0.323. The summed E-state index contributed by atoms with van der Waals surface area (Å²) in [4.78, 5) is 0. The van der Waals surface area contributed by atoms with Crippen molar-refractivity contribution in [3.05, 3.63) is 30.7 Å². The van der Waals surface area contributed by atoms with Gasteiger partial charge in [0, 0.05) is 6.42 Å². The minimum Gasteiger partial charge on any atom is 0.0409 e. The summed E-state index contributed by atoms with van der Waals surface area (Å²) in [5.41, 5.74) is 0. The lowest BCUT2D eigenvalue weighted by molar-refractivity contribution is 1.87. The van der Waals surface area contributed by atoms with Crippen molar-refractivity contribution >= 4 is 0 Å². The summed E-state index contributed by atoms with van der Waals surface area (Å²) < 4.78 is 0. The fraction of sp³-hybridized carbons (Fsp3) is 0. The van der Waals surface area contributed by atoms with E-state index in [9.17, 15) is 0 Å². The molecule has 0 radical (unpaired) electrons. The SMILES string of the molecule is C1=C[CH+]C=C1. The lowest BCUT2D eigenvalue weighted by atomic mass is 10.5. The molecule has 1 aliphatic carbocycles. The minimum absolute atomic E-state index is 2.00. The highest BCUT2D eigenvalue weighted by Gasteiger charge is 1.84. The molecule has 0 saturated carbocycles. The van der Waals surface area contributed by atoms with Crippen molar-refractivity contribution in [2.45, 2.75) is 0 Å². The van der Waals surface area contributed by atoms with E-state index in [0.29, 0.717) is 0 Å². The van der Waals surface area contributed by atoms with Gasteiger partial charge in [-0.15, -0.1) is 0 Å². The molecule has 0 aromatic carbocycles. The number of hydrogen-bond acceptors (Lipinski definition) is 0. The van der Waals surface area contributed by atoms with Crippen molar-refractivity contribution in [2.24, 2.45) is 0 Å². The molecule has 0 heteroatoms. The molecule has 0 unspecified atom stereocenters. The molecule has 0 aromatic heterocycles. The van der Waals surface area contributed by atoms with Gasteiger partial charge < -0.3 is 0 Å². The molecule has 0 amide bonds. The Labute approximate surface area is 31.8 Å². The zero-order valence-electron chi connectivity index (χ0n) is 2.89. The van der Waals surface area contributed by atoms with Gasteiger partial charge in [0.1, 0.15) is 0 Å². The average molecular weight is 65.1 g/mol. The highest BCUT2D eigenvalue weighted by molar-refractivity contribution is 5.23. The number of rotatable bonds is 0. The molecule has 1 rings (SSSR count). The van der Waals surface area contributed by atoms with Crippen LogP contribution in [-0.4, -0.2) is 0 Å². The van der Waals surface area contributed by atoms with Gasteiger partial charge in [-0.2, -0.15) is 0 Å². The normalized spacial score (nSPS) is 16.0. The first-order valence-corrected chi connectivity index (χ1v) is 1.67. The van der Waals surface area contributed by atoms with Gasteiger partial charge in [-0.1, -0.05) is 0 Å². The second-order valence-electron chi connectivity index (χ2n) is 0.962. The van der Waals surface area contributed by atoms with Gasteiger partial charge >= 0.3 is 0 Å². The fourth-order valence-corrected chi connectivity index (χ4v) is 0.321. The first-order valence-electron chi connectivity index (χ1n) is 1.67. The van der Waals surface area contributed by atoms with Gasteiger partial charge in [0.2, 0.25) is 0 Å². The van der Waals surface area contributed by atoms with E-state index >= 15 is 0 Å². The molecule has 0 aliphatic heterocycles. The van der Waals surface area contributed by atoms with Crippen molar-refractivity contribution in [3.63, 3.8) is 0 Å². The smallest absolute Gasteiger partial charge is 0.0409 e. The lowest BCUT2D eigenvalue weighted by Crippen LogP contribution is -1.39. The molecule has 5 heavy (non-hydrogen) atoms. The van der Waals surface area contributed by atoms with Crippen LogP contribution in [0.15, 0.2) is 24.3 Å². The van der Waals surface area contributed by atoms with Crippen molar-refractivity contribution in [1.82, 2.24) is 0 Å². The van der Waals surface area contributed by atoms with E-state index < -0.39 is 0 Å². The summed E-state index contributed by atoms with van der Waals surface area (Å²) in [6.45, 7) is 0. The first kappa shape index (κ1) is 2.58. The van der Waals surface area contributed by atoms with E-state index in [1.54, 1.807) is 0 Å². The maximum atomic E-state index is 2.00. The second-order valence-corrected chi connectivity index (χ2v) is 0.962. The van der Waals surface area contributed by atoms with Crippen LogP contribution in [0.4, 0.5) is 0 Å². The molecular weight excluding hydrogens is 60.1 g/mol. The molecule has 0 saturated heterocycles. The van der Waals surface area contributed by atoms with E-state index in [4.69, 9.17) is 0 Å². The van der Waals surface area contributed by atoms with Crippen LogP contribution in [0.25, 0.3) is 0 Å². The van der Waals surface area contributed by atoms with Gasteiger partial charge in [0.15, 0.2) is 0 Å². The summed E-state index contributed by atoms with van der Waals surface area (Å²) in [7, 11) is 0. The van der Waals surface area contributed by atoms with E-state index in [-0.39, 0.29) is 0 Å². The monoisotopic (exact) mass is 65.0 g/mol. The Balaban J connectivity index is 2.61. The lowest BCUT2D eigenvalue weighted by Gasteiger charge is -1.46. The van der Waals surface area contributed by atoms with Crippen LogP contribution in [0.1, 0.15) is 0 Å². The molecule has 0 atom stereocenters. The molecule has 1 aliphatic rings. The zero-order valence-corrected chi connectivity index (χ0v) is 2.89. The van der Waals surface area contributed by atoms with Gasteiger partial charge in [-0.3, -0.25) is 0 Å². The van der Waals surface area contributed by atoms with E-state index in [1.165, 1.54) is 0 Å². The Bertz CT molecular complexity index is 58.1. The first-order chi connectivity index (χ1) is 2.50. The number of allylic oxidation sites excluding steroid dienone is 4. The Morgan fingerprint density at radius 3 is 1.80 bits per heavy atom. The molecular formula is C5H5+. The maximum Gasteiger partial charge on any atom is 0.0799 e. The quantitative estimate of drug-likeness (QED) is 0.373. The van der Waals surface area contributed by atoms with Crippen LogP contribution in [0.2, 0.25) is 0 Å². The molecule has 0 spiro atoms. The van der Waals surface area contributed by atoms with Crippen LogP contribution < -0.4 is 0 Å². The third-order valence-electron chi connectivity index (χ3n) is 0.556. The highest BCUT2D eigenvalue weighted by Crippen LogP contribution is 1.91. The summed E-state index contributed by atoms with van der Waals surface area (Å²) in [5.74, 6) is 0. The van der Waals surface area contributed by atoms with Crippen molar-refractivity contribution in [3.8, 4) is 0 Å². The zero-order chi connectivity index (χ0) is 3.54. The Hall–Kier alpha value is -0.650. The second kappa shape index (κ2) is 0.978. The van der Waals surface area contributed by atoms with E-state index in [1.807, 2.05) is 30.7 Å². The average Bonchev–Trinajstić information content (AvgIpc) is 1.76. The van der Waals surface area contributed by atoms with Crippen molar-refractivity contribution in [2.75, 3.05) is 0 Å². The van der Waals surface area contributed by atoms with Crippen LogP contribution in [0.3, 0.4) is 0 Å². The molecule has 0 bridgehead atoms. The molecule has 0 nitrogen and oxygen atoms in total. The largest absolute Gasteiger partial charge is 0.0799 e. The summed E-state index contributed by atoms with van der Waals surface area (Å²) in [6, 6.07) is 0. The Morgan fingerprint density at radius 1 is 1.00 bits per heavy atom. The summed E-state index contributed by atoms with van der Waals surface area (Å²) >= 11 is 0. The van der Waals surface area contributed by atoms with Crippen molar-refractivity contribution < 1.29 is 0 Å². The topological polar surface area (TPSA) is 0 Å². The predicted octanol–water partition coefficient (Wildman–Crippen LogP) is 1.32. The molecule has 0 fully saturated rings. The Morgan fingerprint density at radius 2 is 1.60 bits per heavy atom. The van der Waals surface area contributed by atoms with Gasteiger partial charge in [-0.05, 0) is 0 Å². The van der Waals surface area contributed by atoms with Crippen molar-refractivity contribution in [1.29, 1.82) is 0 Å². The van der Waals surface area contributed by atoms with Gasteiger partial charge in [-0.25, -0.2) is 0 Å². The van der Waals surface area contributed by atoms with Gasteiger partial charge in [0.25, 0.3) is 0 Å². The predicted molar refractivity (Wildman–Crippen MR) is 22.6 cm³/mol. The maximum absolute atomic E-state index is 2.00. The summed E-state index contributed by atoms with van der Waals surface area (Å²) in [6.07, 6.45) is 10.0. The third-order valence-corrected chi connectivity index (χ3v) is 0.556. The Kier molecular flexibility index (Phi) is 0.504. The minimum atomic E-state index is 2.00. The fourth-order valence-electron chi connectivity index (χ4n) is 0.321. The van der Waals surface area contributed by atoms with Crippen LogP contribution in [0.5, 0.6) is 0 Å². The molecule has 0 heterocycles. The number of hydrogen-bond donors (Lipinski definition) is 0. The molecule has 0 N–H and O–H groups in total. The summed E-state index contributed by atoms with van der Waals surface area (Å²) in [5, 5.41) is 0.